The molecule has 1 fully saturated rings. The molecule has 11 heteroatoms. The van der Waals surface area contributed by atoms with Gasteiger partial charge < -0.3 is 14.5 Å². The Morgan fingerprint density at radius 2 is 1.88 bits per heavy atom. The molecular formula is C21H21FN4O5S. The number of nitro groups is 1. The summed E-state index contributed by atoms with van der Waals surface area (Å²) < 4.78 is 18.7. The van der Waals surface area contributed by atoms with E-state index in [4.69, 9.17) is 17.0 Å². The van der Waals surface area contributed by atoms with Gasteiger partial charge in [-0.1, -0.05) is 12.1 Å². The molecule has 0 atom stereocenters. The smallest absolute Gasteiger partial charge is 0.338 e. The van der Waals surface area contributed by atoms with Crippen molar-refractivity contribution in [3.8, 4) is 0 Å². The first-order valence-electron chi connectivity index (χ1n) is 9.87. The van der Waals surface area contributed by atoms with E-state index in [2.05, 4.69) is 5.32 Å². The zero-order valence-corrected chi connectivity index (χ0v) is 18.1. The molecular weight excluding hydrogens is 439 g/mol. The van der Waals surface area contributed by atoms with Gasteiger partial charge in [0.15, 0.2) is 5.11 Å². The molecule has 3 rings (SSSR count). The first kappa shape index (κ1) is 23.1. The van der Waals surface area contributed by atoms with E-state index < -0.39 is 22.6 Å². The molecule has 0 saturated carbocycles. The number of hydrogen-bond donors (Lipinski definition) is 1. The van der Waals surface area contributed by atoms with Crippen molar-refractivity contribution in [2.24, 2.45) is 0 Å². The normalized spacial score (nSPS) is 13.4. The van der Waals surface area contributed by atoms with E-state index >= 15 is 0 Å². The Bertz CT molecular complexity index is 1060. The second-order valence-electron chi connectivity index (χ2n) is 6.89. The molecule has 2 aromatic carbocycles. The van der Waals surface area contributed by atoms with Crippen molar-refractivity contribution in [3.05, 3.63) is 69.5 Å². The van der Waals surface area contributed by atoms with E-state index in [9.17, 15) is 24.1 Å². The number of hydrogen-bond acceptors (Lipinski definition) is 7. The molecule has 1 saturated heterocycles. The van der Waals surface area contributed by atoms with Crippen LogP contribution in [0.5, 0.6) is 0 Å². The molecule has 2 aromatic rings. The minimum Gasteiger partial charge on any atom is -0.462 e. The summed E-state index contributed by atoms with van der Waals surface area (Å²) in [5, 5.41) is 14.3. The lowest BCUT2D eigenvalue weighted by molar-refractivity contribution is -0.384. The van der Waals surface area contributed by atoms with Crippen molar-refractivity contribution < 1.29 is 23.6 Å². The zero-order chi connectivity index (χ0) is 23.3. The topological polar surface area (TPSA) is 105 Å². The maximum absolute atomic E-state index is 13.8. The predicted molar refractivity (Wildman–Crippen MR) is 119 cm³/mol. The lowest BCUT2D eigenvalue weighted by Crippen LogP contribution is -2.52. The summed E-state index contributed by atoms with van der Waals surface area (Å²) in [6.45, 7) is 3.41. The van der Waals surface area contributed by atoms with Gasteiger partial charge in [0, 0.05) is 32.2 Å². The molecule has 0 bridgehead atoms. The maximum Gasteiger partial charge on any atom is 0.338 e. The molecule has 168 valence electrons. The van der Waals surface area contributed by atoms with Crippen LogP contribution in [-0.2, 0) is 4.74 Å². The summed E-state index contributed by atoms with van der Waals surface area (Å²) in [5.74, 6) is -1.90. The molecule has 1 aliphatic rings. The molecule has 1 aliphatic heterocycles. The summed E-state index contributed by atoms with van der Waals surface area (Å²) in [7, 11) is 0. The second-order valence-corrected chi connectivity index (χ2v) is 7.28. The number of benzene rings is 2. The van der Waals surface area contributed by atoms with Gasteiger partial charge in [-0.25, -0.2) is 9.18 Å². The maximum atomic E-state index is 13.8. The number of halogens is 1. The fraction of sp³-hybridized carbons (Fsp3) is 0.286. The highest BCUT2D eigenvalue weighted by molar-refractivity contribution is 7.80. The van der Waals surface area contributed by atoms with Crippen LogP contribution in [0, 0.1) is 15.9 Å². The van der Waals surface area contributed by atoms with E-state index in [-0.39, 0.29) is 28.5 Å². The number of anilines is 1. The van der Waals surface area contributed by atoms with Gasteiger partial charge in [0.2, 0.25) is 0 Å². The Morgan fingerprint density at radius 3 is 2.50 bits per heavy atom. The van der Waals surface area contributed by atoms with E-state index in [1.54, 1.807) is 17.9 Å². The van der Waals surface area contributed by atoms with Gasteiger partial charge in [-0.05, 0) is 43.4 Å². The van der Waals surface area contributed by atoms with Gasteiger partial charge >= 0.3 is 5.97 Å². The van der Waals surface area contributed by atoms with Gasteiger partial charge in [-0.15, -0.1) is 0 Å². The standard InChI is InChI=1S/C21H21FN4O5S/c1-2-31-20(28)14-7-8-17(18(13-14)26(29)30)24-9-11-25(12-10-24)21(32)23-19(27)15-5-3-4-6-16(15)22/h3-8,13H,2,9-12H2,1H3,(H,23,27,32). The van der Waals surface area contributed by atoms with Crippen LogP contribution in [0.3, 0.4) is 0 Å². The Labute approximate surface area is 188 Å². The average Bonchev–Trinajstić information content (AvgIpc) is 2.79. The Hall–Kier alpha value is -3.60. The van der Waals surface area contributed by atoms with Crippen LogP contribution in [0.4, 0.5) is 15.8 Å². The van der Waals surface area contributed by atoms with Crippen LogP contribution in [0.2, 0.25) is 0 Å². The van der Waals surface area contributed by atoms with Gasteiger partial charge in [0.25, 0.3) is 11.6 Å². The molecule has 0 radical (unpaired) electrons. The van der Waals surface area contributed by atoms with Crippen LogP contribution in [0.25, 0.3) is 0 Å². The Kier molecular flexibility index (Phi) is 7.31. The van der Waals surface area contributed by atoms with E-state index in [0.717, 1.165) is 0 Å². The number of ether oxygens (including phenoxy) is 1. The average molecular weight is 460 g/mol. The van der Waals surface area contributed by atoms with Gasteiger partial charge in [-0.2, -0.15) is 0 Å². The summed E-state index contributed by atoms with van der Waals surface area (Å²) in [6.07, 6.45) is 0. The first-order valence-corrected chi connectivity index (χ1v) is 10.3. The fourth-order valence-corrected chi connectivity index (χ4v) is 3.59. The fourth-order valence-electron chi connectivity index (χ4n) is 3.32. The second kappa shape index (κ2) is 10.1. The highest BCUT2D eigenvalue weighted by atomic mass is 32.1. The third-order valence-electron chi connectivity index (χ3n) is 4.93. The number of piperazine rings is 1. The summed E-state index contributed by atoms with van der Waals surface area (Å²) in [6, 6.07) is 9.83. The third-order valence-corrected chi connectivity index (χ3v) is 5.29. The van der Waals surface area contributed by atoms with Crippen LogP contribution in [-0.4, -0.2) is 59.6 Å². The minimum absolute atomic E-state index is 0.106. The van der Waals surface area contributed by atoms with Gasteiger partial charge in [-0.3, -0.25) is 20.2 Å². The van der Waals surface area contributed by atoms with Crippen LogP contribution >= 0.6 is 12.2 Å². The number of nitrogens with zero attached hydrogens (tertiary/aromatic N) is 3. The van der Waals surface area contributed by atoms with E-state index in [1.165, 1.54) is 36.4 Å². The Balaban J connectivity index is 1.65. The molecule has 1 amide bonds. The van der Waals surface area contributed by atoms with Crippen molar-refractivity contribution in [1.29, 1.82) is 0 Å². The van der Waals surface area contributed by atoms with Crippen molar-refractivity contribution >= 4 is 40.6 Å². The van der Waals surface area contributed by atoms with E-state index in [1.807, 2.05) is 4.90 Å². The molecule has 32 heavy (non-hydrogen) atoms. The number of amides is 1. The van der Waals surface area contributed by atoms with Crippen LogP contribution in [0.15, 0.2) is 42.5 Å². The predicted octanol–water partition coefficient (Wildman–Crippen LogP) is 2.75. The SMILES string of the molecule is CCOC(=O)c1ccc(N2CCN(C(=S)NC(=O)c3ccccc3F)CC2)c([N+](=O)[O-])c1. The van der Waals surface area contributed by atoms with Crippen molar-refractivity contribution in [2.45, 2.75) is 6.92 Å². The molecule has 9 nitrogen and oxygen atoms in total. The third kappa shape index (κ3) is 5.17. The van der Waals surface area contributed by atoms with Crippen LogP contribution < -0.4 is 10.2 Å². The molecule has 0 spiro atoms. The number of rotatable bonds is 5. The Morgan fingerprint density at radius 1 is 1.19 bits per heavy atom. The number of carbonyl (C=O) groups is 2. The quantitative estimate of drug-likeness (QED) is 0.314. The number of thiocarbonyl (C=S) groups is 1. The molecule has 0 unspecified atom stereocenters. The molecule has 0 aliphatic carbocycles. The molecule has 0 aromatic heterocycles. The number of nitro benzene ring substituents is 1. The monoisotopic (exact) mass is 460 g/mol. The highest BCUT2D eigenvalue weighted by Gasteiger charge is 2.27. The molecule has 1 N–H and O–H groups in total. The summed E-state index contributed by atoms with van der Waals surface area (Å²) >= 11 is 5.28. The zero-order valence-electron chi connectivity index (χ0n) is 17.2. The molecule has 1 heterocycles. The van der Waals surface area contributed by atoms with E-state index in [0.29, 0.717) is 31.9 Å². The lowest BCUT2D eigenvalue weighted by Gasteiger charge is -2.37. The van der Waals surface area contributed by atoms with Crippen molar-refractivity contribution in [3.63, 3.8) is 0 Å². The number of nitrogens with one attached hydrogen (secondary N) is 1. The number of carbonyl (C=O) groups excluding carboxylic acids is 2. The van der Waals surface area contributed by atoms with Gasteiger partial charge in [0.05, 0.1) is 22.7 Å². The van der Waals surface area contributed by atoms with Crippen LogP contribution in [0.1, 0.15) is 27.6 Å². The van der Waals surface area contributed by atoms with Gasteiger partial charge in [0.1, 0.15) is 11.5 Å². The van der Waals surface area contributed by atoms with Crippen molar-refractivity contribution in [1.82, 2.24) is 10.2 Å². The number of esters is 1. The highest BCUT2D eigenvalue weighted by Crippen LogP contribution is 2.30. The largest absolute Gasteiger partial charge is 0.462 e. The first-order chi connectivity index (χ1) is 15.3. The lowest BCUT2D eigenvalue weighted by atomic mass is 10.1. The summed E-state index contributed by atoms with van der Waals surface area (Å²) in [5.41, 5.74) is 0.187. The minimum atomic E-state index is -0.642. The summed E-state index contributed by atoms with van der Waals surface area (Å²) in [4.78, 5) is 38.8. The van der Waals surface area contributed by atoms with Crippen molar-refractivity contribution in [2.75, 3.05) is 37.7 Å².